The Bertz CT molecular complexity index is 891. The van der Waals surface area contributed by atoms with Crippen LogP contribution in [-0.2, 0) is 11.6 Å². The minimum absolute atomic E-state index is 0.0365. The van der Waals surface area contributed by atoms with E-state index in [1.165, 1.54) is 0 Å². The molecule has 0 spiro atoms. The van der Waals surface area contributed by atoms with Crippen molar-refractivity contribution in [1.29, 1.82) is 5.26 Å². The number of halogens is 7. The third-order valence-corrected chi connectivity index (χ3v) is 5.99. The van der Waals surface area contributed by atoms with E-state index >= 15 is 0 Å². The second kappa shape index (κ2) is 5.68. The van der Waals surface area contributed by atoms with Crippen LogP contribution in [0.15, 0.2) is 12.1 Å². The summed E-state index contributed by atoms with van der Waals surface area (Å²) in [4.78, 5) is 0. The van der Waals surface area contributed by atoms with Crippen LogP contribution in [0.25, 0.3) is 11.3 Å². The molecule has 3 nitrogen and oxygen atoms in total. The smallest absolute Gasteiger partial charge is 0.280 e. The predicted octanol–water partition coefficient (Wildman–Crippen LogP) is 6.11. The molecule has 1 N–H and O–H groups in total. The van der Waals surface area contributed by atoms with Gasteiger partial charge >= 0.3 is 6.18 Å². The summed E-state index contributed by atoms with van der Waals surface area (Å²) in [6.07, 6.45) is -4.20. The van der Waals surface area contributed by atoms with E-state index in [0.717, 1.165) is 12.1 Å². The molecule has 25 heavy (non-hydrogen) atoms. The SMILES string of the molecule is CC1(c2[nH]nc(-c3c(Cl)cc(C(F)(F)F)cc3Cl)c2C#N)CC1(Cl)Cl. The quantitative estimate of drug-likeness (QED) is 0.586. The summed E-state index contributed by atoms with van der Waals surface area (Å²) >= 11 is 24.3. The van der Waals surface area contributed by atoms with Gasteiger partial charge in [-0.15, -0.1) is 23.2 Å². The molecule has 1 unspecified atom stereocenters. The van der Waals surface area contributed by atoms with Crippen molar-refractivity contribution in [2.75, 3.05) is 0 Å². The maximum Gasteiger partial charge on any atom is 0.416 e. The summed E-state index contributed by atoms with van der Waals surface area (Å²) in [7, 11) is 0. The summed E-state index contributed by atoms with van der Waals surface area (Å²) in [5.74, 6) is 0. The molecule has 0 bridgehead atoms. The topological polar surface area (TPSA) is 52.5 Å². The Hall–Kier alpha value is -1.13. The third kappa shape index (κ3) is 2.87. The Labute approximate surface area is 160 Å². The van der Waals surface area contributed by atoms with Crippen molar-refractivity contribution < 1.29 is 13.2 Å². The standard InChI is InChI=1S/C15H8Cl4F3N3/c1-13(5-14(13,18)19)12-7(4-23)11(24-25-12)10-8(16)2-6(3-9(10)17)15(20,21)22/h2-3H,5H2,1H3,(H,24,25). The first-order chi connectivity index (χ1) is 11.4. The van der Waals surface area contributed by atoms with Gasteiger partial charge in [-0.05, 0) is 18.6 Å². The van der Waals surface area contributed by atoms with Crippen LogP contribution < -0.4 is 0 Å². The number of nitrogens with zero attached hydrogens (tertiary/aromatic N) is 2. The number of H-pyrrole nitrogens is 1. The summed E-state index contributed by atoms with van der Waals surface area (Å²) in [5.41, 5.74) is -1.14. The van der Waals surface area contributed by atoms with Crippen LogP contribution in [0.4, 0.5) is 13.2 Å². The van der Waals surface area contributed by atoms with Crippen molar-refractivity contribution in [3.8, 4) is 17.3 Å². The highest BCUT2D eigenvalue weighted by atomic mass is 35.5. The summed E-state index contributed by atoms with van der Waals surface area (Å²) in [6.45, 7) is 1.75. The molecule has 1 aromatic heterocycles. The zero-order valence-electron chi connectivity index (χ0n) is 12.4. The van der Waals surface area contributed by atoms with Gasteiger partial charge in [-0.3, -0.25) is 5.10 Å². The molecule has 1 aromatic carbocycles. The highest BCUT2D eigenvalue weighted by molar-refractivity contribution is 6.52. The lowest BCUT2D eigenvalue weighted by Crippen LogP contribution is -2.12. The fourth-order valence-corrected chi connectivity index (χ4v) is 4.05. The molecular formula is C15H8Cl4F3N3. The molecule has 3 rings (SSSR count). The predicted molar refractivity (Wildman–Crippen MR) is 90.2 cm³/mol. The van der Waals surface area contributed by atoms with Gasteiger partial charge in [0.2, 0.25) is 0 Å². The zero-order chi connectivity index (χ0) is 18.8. The average Bonchev–Trinajstić information content (AvgIpc) is 2.82. The largest absolute Gasteiger partial charge is 0.416 e. The number of rotatable bonds is 2. The summed E-state index contributed by atoms with van der Waals surface area (Å²) < 4.78 is 37.5. The number of hydrogen-bond donors (Lipinski definition) is 1. The minimum atomic E-state index is -4.60. The van der Waals surface area contributed by atoms with Crippen molar-refractivity contribution in [2.45, 2.75) is 29.3 Å². The number of alkyl halides is 5. The number of benzene rings is 1. The van der Waals surface area contributed by atoms with E-state index in [9.17, 15) is 18.4 Å². The zero-order valence-corrected chi connectivity index (χ0v) is 15.4. The van der Waals surface area contributed by atoms with E-state index in [2.05, 4.69) is 10.2 Å². The van der Waals surface area contributed by atoms with Crippen LogP contribution in [0.1, 0.15) is 30.2 Å². The van der Waals surface area contributed by atoms with Crippen molar-refractivity contribution >= 4 is 46.4 Å². The monoisotopic (exact) mass is 427 g/mol. The highest BCUT2D eigenvalue weighted by Gasteiger charge is 2.66. The Morgan fingerprint density at radius 1 is 1.24 bits per heavy atom. The van der Waals surface area contributed by atoms with Gasteiger partial charge in [0.05, 0.1) is 21.3 Å². The molecule has 10 heteroatoms. The molecule has 1 aliphatic carbocycles. The Morgan fingerprint density at radius 3 is 2.16 bits per heavy atom. The van der Waals surface area contributed by atoms with Crippen LogP contribution in [0, 0.1) is 11.3 Å². The fraction of sp³-hybridized carbons (Fsp3) is 0.333. The van der Waals surface area contributed by atoms with E-state index in [0.29, 0.717) is 12.1 Å². The number of nitrogens with one attached hydrogen (secondary N) is 1. The molecule has 0 aliphatic heterocycles. The van der Waals surface area contributed by atoms with Gasteiger partial charge in [0.15, 0.2) is 0 Å². The number of nitriles is 1. The van der Waals surface area contributed by atoms with E-state index in [1.54, 1.807) is 6.92 Å². The molecule has 1 heterocycles. The van der Waals surface area contributed by atoms with Gasteiger partial charge in [-0.1, -0.05) is 30.1 Å². The van der Waals surface area contributed by atoms with Gasteiger partial charge in [-0.2, -0.15) is 23.5 Å². The molecule has 1 saturated carbocycles. The maximum atomic E-state index is 12.9. The molecular weight excluding hydrogens is 421 g/mol. The fourth-order valence-electron chi connectivity index (χ4n) is 2.67. The number of aromatic nitrogens is 2. The first-order valence-corrected chi connectivity index (χ1v) is 8.37. The lowest BCUT2D eigenvalue weighted by Gasteiger charge is -2.12. The van der Waals surface area contributed by atoms with E-state index < -0.39 is 21.5 Å². The lowest BCUT2D eigenvalue weighted by molar-refractivity contribution is -0.137. The summed E-state index contributed by atoms with van der Waals surface area (Å²) in [5, 5.41) is 15.7. The molecule has 2 aromatic rings. The van der Waals surface area contributed by atoms with Crippen LogP contribution in [-0.4, -0.2) is 14.5 Å². The molecule has 0 radical (unpaired) electrons. The molecule has 1 aliphatic rings. The van der Waals surface area contributed by atoms with Crippen molar-refractivity contribution in [3.63, 3.8) is 0 Å². The van der Waals surface area contributed by atoms with Gasteiger partial charge in [0, 0.05) is 11.0 Å². The van der Waals surface area contributed by atoms with Crippen LogP contribution >= 0.6 is 46.4 Å². The van der Waals surface area contributed by atoms with Gasteiger partial charge in [0.1, 0.15) is 21.7 Å². The first-order valence-electron chi connectivity index (χ1n) is 6.86. The third-order valence-electron chi connectivity index (χ3n) is 4.29. The molecule has 132 valence electrons. The molecule has 1 atom stereocenters. The van der Waals surface area contributed by atoms with Crippen LogP contribution in [0.5, 0.6) is 0 Å². The van der Waals surface area contributed by atoms with E-state index in [1.807, 2.05) is 6.07 Å². The Kier molecular flexibility index (Phi) is 4.24. The van der Waals surface area contributed by atoms with Crippen LogP contribution in [0.2, 0.25) is 10.0 Å². The van der Waals surface area contributed by atoms with Gasteiger partial charge in [-0.25, -0.2) is 0 Å². The molecule has 0 amide bonds. The van der Waals surface area contributed by atoms with Gasteiger partial charge < -0.3 is 0 Å². The second-order valence-corrected chi connectivity index (χ2v) is 8.26. The summed E-state index contributed by atoms with van der Waals surface area (Å²) in [6, 6.07) is 3.46. The molecule has 1 fully saturated rings. The molecule has 0 saturated heterocycles. The average molecular weight is 429 g/mol. The lowest BCUT2D eigenvalue weighted by atomic mass is 9.97. The van der Waals surface area contributed by atoms with Crippen LogP contribution in [0.3, 0.4) is 0 Å². The van der Waals surface area contributed by atoms with Gasteiger partial charge in [0.25, 0.3) is 0 Å². The normalized spacial score (nSPS) is 21.9. The second-order valence-electron chi connectivity index (χ2n) is 5.96. The number of hydrogen-bond acceptors (Lipinski definition) is 2. The maximum absolute atomic E-state index is 12.9. The number of aromatic amines is 1. The minimum Gasteiger partial charge on any atom is -0.280 e. The van der Waals surface area contributed by atoms with Crippen molar-refractivity contribution in [3.05, 3.63) is 39.0 Å². The van der Waals surface area contributed by atoms with E-state index in [4.69, 9.17) is 46.4 Å². The van der Waals surface area contributed by atoms with Crippen molar-refractivity contribution in [1.82, 2.24) is 10.2 Å². The van der Waals surface area contributed by atoms with E-state index in [-0.39, 0.29) is 26.9 Å². The Morgan fingerprint density at radius 2 is 1.76 bits per heavy atom. The first kappa shape index (κ1) is 18.7. The van der Waals surface area contributed by atoms with Crippen molar-refractivity contribution in [2.24, 2.45) is 0 Å². The Balaban J connectivity index is 2.17. The highest BCUT2D eigenvalue weighted by Crippen LogP contribution is 2.65.